The fourth-order valence-corrected chi connectivity index (χ4v) is 6.81. The van der Waals surface area contributed by atoms with Crippen LogP contribution in [0.15, 0.2) is 47.8 Å². The van der Waals surface area contributed by atoms with Gasteiger partial charge < -0.3 is 15.3 Å². The molecule has 212 valence electrons. The average molecular weight is 587 g/mol. The first-order valence-corrected chi connectivity index (χ1v) is 16.3. The molecule has 15 heteroatoms. The summed E-state index contributed by atoms with van der Waals surface area (Å²) in [6.07, 6.45) is 9.81. The van der Waals surface area contributed by atoms with Crippen molar-refractivity contribution in [1.29, 1.82) is 0 Å². The number of aliphatic hydroxyl groups is 1. The van der Waals surface area contributed by atoms with Crippen molar-refractivity contribution in [3.63, 3.8) is 0 Å². The number of fused-ring (bicyclic) bond motifs is 1. The standard InChI is InChI=1S/C25H30N8O5S2/c1-39(35,36)31-12-10-20(11-13-31)28-25-26-14-19-6-9-22(34)32(24(19)29-25)15-17-2-7-21(8-3-17)40(37,38)33-16-27-23(30-33)18-4-5-18/h2-3,6-9,14,16,18,20,22,34H,4-5,10-13,15H2,1H3,(H,26,28,29). The van der Waals surface area contributed by atoms with Crippen LogP contribution >= 0.6 is 0 Å². The highest BCUT2D eigenvalue weighted by molar-refractivity contribution is 7.89. The molecular weight excluding hydrogens is 556 g/mol. The van der Waals surface area contributed by atoms with E-state index in [1.54, 1.807) is 35.4 Å². The van der Waals surface area contributed by atoms with Gasteiger partial charge in [-0.3, -0.25) is 0 Å². The largest absolute Gasteiger partial charge is 0.370 e. The van der Waals surface area contributed by atoms with Crippen molar-refractivity contribution >= 4 is 37.9 Å². The van der Waals surface area contributed by atoms with Crippen LogP contribution in [0.2, 0.25) is 0 Å². The molecule has 0 spiro atoms. The van der Waals surface area contributed by atoms with Gasteiger partial charge in [-0.15, -0.1) is 9.19 Å². The van der Waals surface area contributed by atoms with Crippen LogP contribution in [0, 0.1) is 0 Å². The SMILES string of the molecule is CS(=O)(=O)N1CCC(Nc2ncc3c(n2)N(Cc2ccc(S(=O)(=O)n4cnc(C5CC5)n4)cc2)C(O)C=C3)CC1. The zero-order chi connectivity index (χ0) is 28.1. The normalized spacial score (nSPS) is 20.4. The first kappa shape index (κ1) is 26.8. The second kappa shape index (κ2) is 10.2. The number of nitrogens with one attached hydrogen (secondary N) is 1. The molecular formula is C25H30N8O5S2. The molecule has 0 bridgehead atoms. The molecule has 1 aliphatic carbocycles. The van der Waals surface area contributed by atoms with E-state index in [1.165, 1.54) is 29.0 Å². The van der Waals surface area contributed by atoms with E-state index in [9.17, 15) is 21.9 Å². The second-order valence-electron chi connectivity index (χ2n) is 10.4. The topological polar surface area (TPSA) is 164 Å². The number of aromatic nitrogens is 5. The Labute approximate surface area is 232 Å². The molecule has 1 aromatic carbocycles. The van der Waals surface area contributed by atoms with Gasteiger partial charge in [-0.1, -0.05) is 12.1 Å². The lowest BCUT2D eigenvalue weighted by atomic mass is 10.1. The minimum absolute atomic E-state index is 0.0217. The minimum atomic E-state index is -3.86. The van der Waals surface area contributed by atoms with Crippen molar-refractivity contribution in [2.75, 3.05) is 29.6 Å². The second-order valence-corrected chi connectivity index (χ2v) is 14.1. The van der Waals surface area contributed by atoms with Gasteiger partial charge >= 0.3 is 0 Å². The van der Waals surface area contributed by atoms with Crippen LogP contribution in [0.25, 0.3) is 6.08 Å². The first-order valence-electron chi connectivity index (χ1n) is 13.1. The zero-order valence-corrected chi connectivity index (χ0v) is 23.5. The molecule has 40 heavy (non-hydrogen) atoms. The molecule has 13 nitrogen and oxygen atoms in total. The number of rotatable bonds is 8. The summed E-state index contributed by atoms with van der Waals surface area (Å²) in [4.78, 5) is 15.0. The molecule has 0 radical (unpaired) electrons. The van der Waals surface area contributed by atoms with Crippen molar-refractivity contribution in [1.82, 2.24) is 28.4 Å². The van der Waals surface area contributed by atoms with E-state index in [0.717, 1.165) is 28.1 Å². The lowest BCUT2D eigenvalue weighted by molar-refractivity contribution is 0.213. The van der Waals surface area contributed by atoms with Crippen LogP contribution in [-0.2, 0) is 26.6 Å². The van der Waals surface area contributed by atoms with Gasteiger partial charge in [0.2, 0.25) is 16.0 Å². The van der Waals surface area contributed by atoms with Crippen LogP contribution in [0.3, 0.4) is 0 Å². The number of sulfonamides is 1. The van der Waals surface area contributed by atoms with E-state index in [4.69, 9.17) is 0 Å². The van der Waals surface area contributed by atoms with E-state index in [-0.39, 0.29) is 23.4 Å². The Kier molecular flexibility index (Phi) is 6.84. The first-order chi connectivity index (χ1) is 19.1. The highest BCUT2D eigenvalue weighted by atomic mass is 32.2. The molecule has 2 aromatic heterocycles. The minimum Gasteiger partial charge on any atom is -0.370 e. The van der Waals surface area contributed by atoms with E-state index in [2.05, 4.69) is 25.4 Å². The summed E-state index contributed by atoms with van der Waals surface area (Å²) >= 11 is 0. The maximum absolute atomic E-state index is 13.0. The predicted molar refractivity (Wildman–Crippen MR) is 147 cm³/mol. The van der Waals surface area contributed by atoms with Crippen molar-refractivity contribution in [2.24, 2.45) is 0 Å². The number of piperidine rings is 1. The molecule has 3 aliphatic rings. The molecule has 1 unspecified atom stereocenters. The van der Waals surface area contributed by atoms with Crippen molar-refractivity contribution < 1.29 is 21.9 Å². The number of hydrogen-bond acceptors (Lipinski definition) is 11. The predicted octanol–water partition coefficient (Wildman–Crippen LogP) is 1.37. The molecule has 0 amide bonds. The Hall–Kier alpha value is -3.40. The van der Waals surface area contributed by atoms with E-state index in [0.29, 0.717) is 43.5 Å². The quantitative estimate of drug-likeness (QED) is 0.392. The van der Waals surface area contributed by atoms with Crippen LogP contribution in [-0.4, -0.2) is 82.0 Å². The number of anilines is 2. The Morgan fingerprint density at radius 1 is 1.02 bits per heavy atom. The molecule has 2 fully saturated rings. The van der Waals surface area contributed by atoms with Crippen molar-refractivity contribution in [3.05, 3.63) is 59.8 Å². The number of benzene rings is 1. The molecule has 1 saturated carbocycles. The third-order valence-electron chi connectivity index (χ3n) is 7.34. The van der Waals surface area contributed by atoms with Gasteiger partial charge in [-0.25, -0.2) is 22.7 Å². The molecule has 2 N–H and O–H groups in total. The van der Waals surface area contributed by atoms with Gasteiger partial charge in [0.05, 0.1) is 11.2 Å². The summed E-state index contributed by atoms with van der Waals surface area (Å²) in [7, 11) is -7.07. The highest BCUT2D eigenvalue weighted by Gasteiger charge is 2.30. The summed E-state index contributed by atoms with van der Waals surface area (Å²) in [6.45, 7) is 1.13. The molecule has 3 aromatic rings. The monoisotopic (exact) mass is 586 g/mol. The summed E-state index contributed by atoms with van der Waals surface area (Å²) in [5, 5.41) is 18.2. The fraction of sp³-hybridized carbons (Fsp3) is 0.440. The van der Waals surface area contributed by atoms with Crippen LogP contribution < -0.4 is 10.2 Å². The van der Waals surface area contributed by atoms with E-state index < -0.39 is 26.3 Å². The van der Waals surface area contributed by atoms with Gasteiger partial charge in [0.1, 0.15) is 18.4 Å². The van der Waals surface area contributed by atoms with Crippen molar-refractivity contribution in [2.45, 2.75) is 55.3 Å². The number of hydrogen-bond donors (Lipinski definition) is 2. The zero-order valence-electron chi connectivity index (χ0n) is 21.8. The molecule has 1 saturated heterocycles. The number of aliphatic hydroxyl groups excluding tert-OH is 1. The summed E-state index contributed by atoms with van der Waals surface area (Å²) in [5.74, 6) is 1.73. The summed E-state index contributed by atoms with van der Waals surface area (Å²) in [5.41, 5.74) is 1.51. The van der Waals surface area contributed by atoms with Gasteiger partial charge in [0.15, 0.2) is 5.82 Å². The van der Waals surface area contributed by atoms with Crippen LogP contribution in [0.4, 0.5) is 11.8 Å². The molecule has 6 rings (SSSR count). The van der Waals surface area contributed by atoms with Crippen molar-refractivity contribution in [3.8, 4) is 0 Å². The third-order valence-corrected chi connectivity index (χ3v) is 10.2. The lowest BCUT2D eigenvalue weighted by Crippen LogP contribution is -2.42. The van der Waals surface area contributed by atoms with Gasteiger partial charge in [0, 0.05) is 43.4 Å². The lowest BCUT2D eigenvalue weighted by Gasteiger charge is -2.33. The Morgan fingerprint density at radius 2 is 1.75 bits per heavy atom. The third kappa shape index (κ3) is 5.46. The van der Waals surface area contributed by atoms with E-state index >= 15 is 0 Å². The Morgan fingerprint density at radius 3 is 2.42 bits per heavy atom. The summed E-state index contributed by atoms with van der Waals surface area (Å²) in [6, 6.07) is 6.46. The maximum Gasteiger partial charge on any atom is 0.284 e. The highest BCUT2D eigenvalue weighted by Crippen LogP contribution is 2.38. The Balaban J connectivity index is 1.16. The average Bonchev–Trinajstić information content (AvgIpc) is 3.66. The van der Waals surface area contributed by atoms with Crippen LogP contribution in [0.1, 0.15) is 48.6 Å². The smallest absolute Gasteiger partial charge is 0.284 e. The Bertz CT molecular complexity index is 1640. The molecule has 1 atom stereocenters. The van der Waals surface area contributed by atoms with Gasteiger partial charge in [0.25, 0.3) is 10.0 Å². The summed E-state index contributed by atoms with van der Waals surface area (Å²) < 4.78 is 52.0. The molecule has 2 aliphatic heterocycles. The fourth-order valence-electron chi connectivity index (χ4n) is 4.88. The van der Waals surface area contributed by atoms with E-state index in [1.807, 2.05) is 0 Å². The van der Waals surface area contributed by atoms with Crippen LogP contribution in [0.5, 0.6) is 0 Å². The number of nitrogens with zero attached hydrogens (tertiary/aromatic N) is 7. The molecule has 4 heterocycles. The van der Waals surface area contributed by atoms with Gasteiger partial charge in [-0.2, -0.15) is 13.4 Å². The van der Waals surface area contributed by atoms with Gasteiger partial charge in [-0.05, 0) is 55.5 Å². The maximum atomic E-state index is 13.0.